The average molecular weight is 648 g/mol. The van der Waals surface area contributed by atoms with Gasteiger partial charge in [-0.15, -0.1) is 0 Å². The molecule has 252 valence electrons. The Morgan fingerprint density at radius 1 is 0.936 bits per heavy atom. The molecule has 0 saturated heterocycles. The summed E-state index contributed by atoms with van der Waals surface area (Å²) < 4.78 is 10.9. The Bertz CT molecular complexity index is 1470. The molecule has 0 aromatic heterocycles. The first-order valence-corrected chi connectivity index (χ1v) is 15.2. The molecular weight excluding hydrogens is 602 g/mol. The Morgan fingerprint density at radius 2 is 1.57 bits per heavy atom. The van der Waals surface area contributed by atoms with Gasteiger partial charge in [-0.3, -0.25) is 14.4 Å². The standard InChI is InChI=1S/C35H45N5O7/c1-8-23-15-12-16-25(21-23)29(30(42)38-27(32(44)46-34(2,3)4)22-24-13-10-9-11-14-24)40(20-19-36)31(43)26(17-18-28(37)41)39-33(45)47-35(5,6)7/h8-16,21,26-27,29H,1,17-18,20,22H2,2-7H3,(H2,37,41)(H,38,42)(H,39,45). The molecule has 0 spiro atoms. The quantitative estimate of drug-likeness (QED) is 0.204. The van der Waals surface area contributed by atoms with Gasteiger partial charge in [0.2, 0.25) is 17.7 Å². The SMILES string of the molecule is C=Cc1cccc(C(C(=O)NC(Cc2ccccc2)C(=O)OC(C)(C)C)N(CC#N)C(=O)C(CCC(N)=O)NC(=O)OC(C)(C)C)c1. The van der Waals surface area contributed by atoms with Gasteiger partial charge in [-0.1, -0.05) is 61.2 Å². The van der Waals surface area contributed by atoms with Crippen LogP contribution in [-0.2, 0) is 35.1 Å². The van der Waals surface area contributed by atoms with Crippen molar-refractivity contribution in [3.05, 3.63) is 77.9 Å². The lowest BCUT2D eigenvalue weighted by Crippen LogP contribution is -2.55. The molecule has 2 aromatic carbocycles. The van der Waals surface area contributed by atoms with Crippen LogP contribution in [0.2, 0.25) is 0 Å². The Morgan fingerprint density at radius 3 is 2.13 bits per heavy atom. The van der Waals surface area contributed by atoms with Gasteiger partial charge >= 0.3 is 12.1 Å². The second-order valence-corrected chi connectivity index (χ2v) is 12.9. The summed E-state index contributed by atoms with van der Waals surface area (Å²) in [4.78, 5) is 67.3. The molecule has 4 amide bonds. The minimum atomic E-state index is -1.46. The highest BCUT2D eigenvalue weighted by molar-refractivity contribution is 5.94. The van der Waals surface area contributed by atoms with E-state index >= 15 is 0 Å². The topological polar surface area (TPSA) is 181 Å². The van der Waals surface area contributed by atoms with Crippen molar-refractivity contribution in [2.75, 3.05) is 6.54 Å². The first-order valence-electron chi connectivity index (χ1n) is 15.2. The number of nitrogens with one attached hydrogen (secondary N) is 2. The zero-order chi connectivity index (χ0) is 35.4. The lowest BCUT2D eigenvalue weighted by molar-refractivity contribution is -0.159. The second-order valence-electron chi connectivity index (χ2n) is 12.9. The summed E-state index contributed by atoms with van der Waals surface area (Å²) in [6.07, 6.45) is 0.167. The number of ether oxygens (including phenoxy) is 2. The number of rotatable bonds is 14. The molecule has 0 aliphatic rings. The van der Waals surface area contributed by atoms with E-state index < -0.39 is 65.7 Å². The van der Waals surface area contributed by atoms with Crippen molar-refractivity contribution in [1.82, 2.24) is 15.5 Å². The number of alkyl carbamates (subject to hydrolysis) is 1. The highest BCUT2D eigenvalue weighted by Gasteiger charge is 2.38. The number of hydrogen-bond acceptors (Lipinski definition) is 8. The summed E-state index contributed by atoms with van der Waals surface area (Å²) in [6.45, 7) is 13.2. The van der Waals surface area contributed by atoms with Gasteiger partial charge in [0.25, 0.3) is 0 Å². The van der Waals surface area contributed by atoms with Gasteiger partial charge < -0.3 is 30.7 Å². The zero-order valence-corrected chi connectivity index (χ0v) is 27.9. The van der Waals surface area contributed by atoms with Gasteiger partial charge in [-0.05, 0) is 70.7 Å². The van der Waals surface area contributed by atoms with E-state index in [1.165, 1.54) is 0 Å². The summed E-state index contributed by atoms with van der Waals surface area (Å²) in [7, 11) is 0. The third kappa shape index (κ3) is 13.0. The van der Waals surface area contributed by atoms with E-state index in [1.807, 2.05) is 12.1 Å². The molecule has 47 heavy (non-hydrogen) atoms. The predicted octanol–water partition coefficient (Wildman–Crippen LogP) is 3.95. The van der Waals surface area contributed by atoms with Crippen LogP contribution in [-0.4, -0.2) is 64.5 Å². The van der Waals surface area contributed by atoms with E-state index in [4.69, 9.17) is 15.2 Å². The van der Waals surface area contributed by atoms with Crippen LogP contribution >= 0.6 is 0 Å². The van der Waals surface area contributed by atoms with Crippen molar-refractivity contribution in [3.63, 3.8) is 0 Å². The van der Waals surface area contributed by atoms with Crippen molar-refractivity contribution < 1.29 is 33.4 Å². The minimum Gasteiger partial charge on any atom is -0.458 e. The third-order valence-electron chi connectivity index (χ3n) is 6.51. The normalized spacial score (nSPS) is 13.1. The molecule has 0 aliphatic heterocycles. The van der Waals surface area contributed by atoms with Crippen LogP contribution in [0.15, 0.2) is 61.2 Å². The summed E-state index contributed by atoms with van der Waals surface area (Å²) >= 11 is 0. The van der Waals surface area contributed by atoms with Gasteiger partial charge in [-0.2, -0.15) is 5.26 Å². The number of amides is 4. The van der Waals surface area contributed by atoms with Crippen LogP contribution in [0.4, 0.5) is 4.79 Å². The zero-order valence-electron chi connectivity index (χ0n) is 27.9. The fourth-order valence-electron chi connectivity index (χ4n) is 4.56. The molecule has 3 unspecified atom stereocenters. The van der Waals surface area contributed by atoms with Crippen LogP contribution < -0.4 is 16.4 Å². The van der Waals surface area contributed by atoms with Gasteiger partial charge in [0.05, 0.1) is 6.07 Å². The summed E-state index contributed by atoms with van der Waals surface area (Å²) in [5.74, 6) is -3.06. The number of nitrogens with two attached hydrogens (primary N) is 1. The molecule has 0 aliphatic carbocycles. The molecule has 0 fully saturated rings. The number of benzene rings is 2. The highest BCUT2D eigenvalue weighted by atomic mass is 16.6. The monoisotopic (exact) mass is 647 g/mol. The van der Waals surface area contributed by atoms with Crippen LogP contribution in [0.3, 0.4) is 0 Å². The molecule has 3 atom stereocenters. The van der Waals surface area contributed by atoms with Crippen LogP contribution in [0.1, 0.15) is 77.1 Å². The molecule has 0 heterocycles. The molecule has 0 radical (unpaired) electrons. The number of primary amides is 1. The maximum absolute atomic E-state index is 14.3. The maximum Gasteiger partial charge on any atom is 0.408 e. The predicted molar refractivity (Wildman–Crippen MR) is 176 cm³/mol. The van der Waals surface area contributed by atoms with Gasteiger partial charge in [0, 0.05) is 12.8 Å². The fourth-order valence-corrected chi connectivity index (χ4v) is 4.56. The summed E-state index contributed by atoms with van der Waals surface area (Å²) in [5, 5.41) is 15.1. The van der Waals surface area contributed by atoms with Gasteiger partial charge in [0.15, 0.2) is 0 Å². The summed E-state index contributed by atoms with van der Waals surface area (Å²) in [5.41, 5.74) is 5.25. The fraction of sp³-hybridized carbons (Fsp3) is 0.429. The Kier molecular flexibility index (Phi) is 13.7. The number of hydrogen-bond donors (Lipinski definition) is 3. The smallest absolute Gasteiger partial charge is 0.408 e. The molecular formula is C35H45N5O7. The van der Waals surface area contributed by atoms with E-state index in [2.05, 4.69) is 17.2 Å². The molecule has 12 heteroatoms. The Hall–Kier alpha value is -5.18. The number of esters is 1. The van der Waals surface area contributed by atoms with Gasteiger partial charge in [0.1, 0.15) is 35.9 Å². The van der Waals surface area contributed by atoms with Crippen LogP contribution in [0.25, 0.3) is 6.08 Å². The van der Waals surface area contributed by atoms with Crippen molar-refractivity contribution in [3.8, 4) is 6.07 Å². The number of nitrogens with zero attached hydrogens (tertiary/aromatic N) is 2. The lowest BCUT2D eigenvalue weighted by Gasteiger charge is -2.34. The molecule has 4 N–H and O–H groups in total. The maximum atomic E-state index is 14.3. The first-order chi connectivity index (χ1) is 21.9. The first kappa shape index (κ1) is 38.0. The van der Waals surface area contributed by atoms with E-state index in [-0.39, 0.29) is 19.3 Å². The van der Waals surface area contributed by atoms with Crippen molar-refractivity contribution in [2.45, 2.75) is 90.1 Å². The van der Waals surface area contributed by atoms with Crippen LogP contribution in [0, 0.1) is 11.3 Å². The van der Waals surface area contributed by atoms with E-state index in [9.17, 15) is 29.2 Å². The van der Waals surface area contributed by atoms with E-state index in [1.54, 1.807) is 96.1 Å². The highest BCUT2D eigenvalue weighted by Crippen LogP contribution is 2.25. The van der Waals surface area contributed by atoms with Crippen LogP contribution in [0.5, 0.6) is 0 Å². The lowest BCUT2D eigenvalue weighted by atomic mass is 9.98. The van der Waals surface area contributed by atoms with Gasteiger partial charge in [-0.25, -0.2) is 9.59 Å². The molecule has 0 bridgehead atoms. The molecule has 2 aromatic rings. The Balaban J connectivity index is 2.63. The molecule has 0 saturated carbocycles. The van der Waals surface area contributed by atoms with Crippen molar-refractivity contribution in [1.29, 1.82) is 5.26 Å². The number of carbonyl (C=O) groups excluding carboxylic acids is 5. The number of nitriles is 1. The second kappa shape index (κ2) is 16.9. The minimum absolute atomic E-state index is 0.0779. The van der Waals surface area contributed by atoms with Crippen molar-refractivity contribution in [2.24, 2.45) is 5.73 Å². The average Bonchev–Trinajstić information content (AvgIpc) is 2.97. The Labute approximate surface area is 276 Å². The van der Waals surface area contributed by atoms with E-state index in [0.717, 1.165) is 10.5 Å². The summed E-state index contributed by atoms with van der Waals surface area (Å²) in [6, 6.07) is 13.5. The molecule has 2 rings (SSSR count). The molecule has 12 nitrogen and oxygen atoms in total. The van der Waals surface area contributed by atoms with E-state index in [0.29, 0.717) is 11.1 Å². The largest absolute Gasteiger partial charge is 0.458 e. The van der Waals surface area contributed by atoms with Crippen molar-refractivity contribution >= 4 is 35.9 Å². The third-order valence-corrected chi connectivity index (χ3v) is 6.51. The number of carbonyl (C=O) groups is 5.